The molecule has 4 heteroatoms. The molecule has 0 fully saturated rings. The van der Waals surface area contributed by atoms with Crippen LogP contribution in [0.2, 0.25) is 0 Å². The van der Waals surface area contributed by atoms with Gasteiger partial charge >= 0.3 is 0 Å². The zero-order valence-electron chi connectivity index (χ0n) is 34.8. The summed E-state index contributed by atoms with van der Waals surface area (Å²) in [5, 5.41) is 5.68. The summed E-state index contributed by atoms with van der Waals surface area (Å²) in [4.78, 5) is 10.9. The van der Waals surface area contributed by atoms with Crippen molar-refractivity contribution in [2.75, 3.05) is 0 Å². The number of furan rings is 1. The third kappa shape index (κ3) is 5.41. The van der Waals surface area contributed by atoms with Crippen LogP contribution in [0.1, 0.15) is 25.0 Å². The maximum absolute atomic E-state index is 6.23. The smallest absolute Gasteiger partial charge is 0.235 e. The quantitative estimate of drug-likeness (QED) is 0.174. The topological polar surface area (TPSA) is 43.9 Å². The lowest BCUT2D eigenvalue weighted by molar-refractivity contribution is 0.666. The Hall–Kier alpha value is -8.08. The monoisotopic (exact) mass is 805 g/mol. The van der Waals surface area contributed by atoms with Crippen LogP contribution in [-0.4, -0.2) is 14.5 Å². The van der Waals surface area contributed by atoms with Gasteiger partial charge in [0.1, 0.15) is 11.2 Å². The molecule has 0 saturated heterocycles. The molecule has 13 rings (SSSR count). The van der Waals surface area contributed by atoms with Crippen molar-refractivity contribution in [3.8, 4) is 61.7 Å². The van der Waals surface area contributed by atoms with E-state index in [9.17, 15) is 0 Å². The third-order valence-corrected chi connectivity index (χ3v) is 13.4. The number of fused-ring (bicyclic) bond motifs is 11. The average molecular weight is 806 g/mol. The summed E-state index contributed by atoms with van der Waals surface area (Å²) >= 11 is 0. The summed E-state index contributed by atoms with van der Waals surface area (Å²) in [5.41, 5.74) is 18.9. The van der Waals surface area contributed by atoms with Gasteiger partial charge in [-0.3, -0.25) is 4.57 Å². The van der Waals surface area contributed by atoms with Crippen LogP contribution in [0.5, 0.6) is 0 Å². The first-order valence-corrected chi connectivity index (χ1v) is 21.6. The van der Waals surface area contributed by atoms with Crippen molar-refractivity contribution >= 4 is 54.6 Å². The van der Waals surface area contributed by atoms with Gasteiger partial charge in [-0.25, -0.2) is 9.97 Å². The summed E-state index contributed by atoms with van der Waals surface area (Å²) in [7, 11) is 0. The van der Waals surface area contributed by atoms with Gasteiger partial charge in [-0.2, -0.15) is 0 Å². The molecular weight excluding hydrogens is 767 g/mol. The number of hydrogen-bond acceptors (Lipinski definition) is 3. The highest BCUT2D eigenvalue weighted by Gasteiger charge is 2.38. The molecular formula is C59H39N3O. The zero-order valence-corrected chi connectivity index (χ0v) is 34.8. The van der Waals surface area contributed by atoms with Crippen molar-refractivity contribution in [1.29, 1.82) is 0 Å². The third-order valence-electron chi connectivity index (χ3n) is 13.4. The molecule has 3 aromatic heterocycles. The van der Waals surface area contributed by atoms with E-state index in [0.717, 1.165) is 71.8 Å². The number of nitrogens with zero attached hydrogens (tertiary/aromatic N) is 3. The normalized spacial score (nSPS) is 13.0. The Bertz CT molecular complexity index is 3800. The van der Waals surface area contributed by atoms with Crippen molar-refractivity contribution in [2.45, 2.75) is 19.3 Å². The van der Waals surface area contributed by atoms with Gasteiger partial charge in [0.15, 0.2) is 0 Å². The average Bonchev–Trinajstić information content (AvgIpc) is 3.96. The fourth-order valence-corrected chi connectivity index (χ4v) is 10.4. The van der Waals surface area contributed by atoms with Gasteiger partial charge in [-0.1, -0.05) is 172 Å². The lowest BCUT2D eigenvalue weighted by atomic mass is 9.80. The van der Waals surface area contributed by atoms with Gasteiger partial charge in [-0.05, 0) is 98.1 Å². The first-order valence-electron chi connectivity index (χ1n) is 21.6. The predicted molar refractivity (Wildman–Crippen MR) is 260 cm³/mol. The molecule has 0 spiro atoms. The molecule has 296 valence electrons. The van der Waals surface area contributed by atoms with E-state index in [2.05, 4.69) is 206 Å². The highest BCUT2D eigenvalue weighted by atomic mass is 16.3. The van der Waals surface area contributed by atoms with Gasteiger partial charge in [0, 0.05) is 37.9 Å². The van der Waals surface area contributed by atoms with E-state index in [0.29, 0.717) is 5.95 Å². The van der Waals surface area contributed by atoms with Crippen molar-refractivity contribution < 1.29 is 4.42 Å². The summed E-state index contributed by atoms with van der Waals surface area (Å²) < 4.78 is 8.52. The Labute approximate surface area is 364 Å². The number of aromatic nitrogens is 3. The Balaban J connectivity index is 1.00. The molecule has 0 amide bonds. The van der Waals surface area contributed by atoms with Crippen LogP contribution < -0.4 is 0 Å². The van der Waals surface area contributed by atoms with Crippen LogP contribution in [0.15, 0.2) is 205 Å². The summed E-state index contributed by atoms with van der Waals surface area (Å²) in [6.45, 7) is 4.74. The molecule has 0 bridgehead atoms. The fraction of sp³-hybridized carbons (Fsp3) is 0.0508. The predicted octanol–water partition coefficient (Wildman–Crippen LogP) is 15.6. The first kappa shape index (κ1) is 35.7. The second kappa shape index (κ2) is 13.5. The second-order valence-electron chi connectivity index (χ2n) is 17.3. The molecule has 0 saturated carbocycles. The molecule has 12 aromatic rings. The van der Waals surface area contributed by atoms with E-state index in [1.165, 1.54) is 49.7 Å². The number of para-hydroxylation sites is 2. The highest BCUT2D eigenvalue weighted by molar-refractivity contribution is 6.15. The summed E-state index contributed by atoms with van der Waals surface area (Å²) in [6, 6.07) is 71.7. The lowest BCUT2D eigenvalue weighted by Gasteiger charge is -2.22. The van der Waals surface area contributed by atoms with Crippen LogP contribution in [0.25, 0.3) is 116 Å². The number of hydrogen-bond donors (Lipinski definition) is 0. The van der Waals surface area contributed by atoms with E-state index in [1.807, 2.05) is 12.1 Å². The maximum Gasteiger partial charge on any atom is 0.235 e. The minimum Gasteiger partial charge on any atom is -0.456 e. The van der Waals surface area contributed by atoms with Crippen LogP contribution in [0, 0.1) is 0 Å². The minimum absolute atomic E-state index is 0.228. The minimum atomic E-state index is -0.228. The first-order chi connectivity index (χ1) is 31.0. The van der Waals surface area contributed by atoms with Crippen LogP contribution in [0.4, 0.5) is 0 Å². The van der Waals surface area contributed by atoms with E-state index >= 15 is 0 Å². The van der Waals surface area contributed by atoms with Gasteiger partial charge in [0.2, 0.25) is 5.95 Å². The van der Waals surface area contributed by atoms with E-state index in [1.54, 1.807) is 0 Å². The molecule has 0 radical (unpaired) electrons. The largest absolute Gasteiger partial charge is 0.456 e. The summed E-state index contributed by atoms with van der Waals surface area (Å²) in [6.07, 6.45) is 0. The molecule has 0 atom stereocenters. The maximum atomic E-state index is 6.23. The SMILES string of the molecule is CC1(C)c2ccccc2-c2ccc3c(c21)c1cc(-c2ccc4oc5ccccc5c4c2)ccc1n3-c1nc(-c2ccc(-c3ccc(-c4ccccc4)cc3)cc2)c2ccccc2n1. The van der Waals surface area contributed by atoms with Crippen LogP contribution in [-0.2, 0) is 5.41 Å². The van der Waals surface area contributed by atoms with Gasteiger partial charge in [0.25, 0.3) is 0 Å². The van der Waals surface area contributed by atoms with Gasteiger partial charge in [0.05, 0.1) is 22.2 Å². The van der Waals surface area contributed by atoms with E-state index in [4.69, 9.17) is 14.4 Å². The molecule has 1 aliphatic carbocycles. The Morgan fingerprint density at radius 1 is 0.413 bits per heavy atom. The van der Waals surface area contributed by atoms with Crippen LogP contribution in [0.3, 0.4) is 0 Å². The van der Waals surface area contributed by atoms with E-state index < -0.39 is 0 Å². The Kier molecular flexibility index (Phi) is 7.62. The zero-order chi connectivity index (χ0) is 41.8. The van der Waals surface area contributed by atoms with Gasteiger partial charge < -0.3 is 4.42 Å². The van der Waals surface area contributed by atoms with Gasteiger partial charge in [-0.15, -0.1) is 0 Å². The molecule has 9 aromatic carbocycles. The highest BCUT2D eigenvalue weighted by Crippen LogP contribution is 2.53. The van der Waals surface area contributed by atoms with E-state index in [-0.39, 0.29) is 5.41 Å². The molecule has 4 nitrogen and oxygen atoms in total. The van der Waals surface area contributed by atoms with Crippen molar-refractivity contribution in [1.82, 2.24) is 14.5 Å². The van der Waals surface area contributed by atoms with Crippen molar-refractivity contribution in [2.24, 2.45) is 0 Å². The molecule has 63 heavy (non-hydrogen) atoms. The standard InChI is InChI=1S/C59H39N3O/c1-59(2)49-17-9-6-14-43(49)45-30-32-52-55(56(45)59)48-35-41(42-29-33-54-47(34-42)44-15-8-11-19-53(44)63-54)28-31-51(48)62(52)58-60-50-18-10-7-16-46(50)57(61-58)40-26-24-39(25-27-40)38-22-20-37(21-23-38)36-12-4-3-5-13-36/h3-35H,1-2H3. The van der Waals surface area contributed by atoms with Crippen LogP contribution >= 0.6 is 0 Å². The molecule has 0 N–H and O–H groups in total. The Morgan fingerprint density at radius 2 is 0.984 bits per heavy atom. The molecule has 0 unspecified atom stereocenters. The number of rotatable bonds is 5. The van der Waals surface area contributed by atoms with Crippen molar-refractivity contribution in [3.63, 3.8) is 0 Å². The molecule has 3 heterocycles. The lowest BCUT2D eigenvalue weighted by Crippen LogP contribution is -2.15. The fourth-order valence-electron chi connectivity index (χ4n) is 10.4. The number of benzene rings is 9. The molecule has 0 aliphatic heterocycles. The molecule has 1 aliphatic rings. The second-order valence-corrected chi connectivity index (χ2v) is 17.3. The summed E-state index contributed by atoms with van der Waals surface area (Å²) in [5.74, 6) is 0.650. The van der Waals surface area contributed by atoms with Crippen molar-refractivity contribution in [3.05, 3.63) is 211 Å². The Morgan fingerprint density at radius 3 is 1.76 bits per heavy atom.